The summed E-state index contributed by atoms with van der Waals surface area (Å²) in [5.74, 6) is -0.143. The second-order valence-corrected chi connectivity index (χ2v) is 5.32. The van der Waals surface area contributed by atoms with Crippen molar-refractivity contribution in [3.05, 3.63) is 35.6 Å². The molecule has 0 saturated heterocycles. The number of benzene rings is 1. The fourth-order valence-electron chi connectivity index (χ4n) is 1.20. The summed E-state index contributed by atoms with van der Waals surface area (Å²) < 4.78 is 26.2. The molecule has 0 unspecified atom stereocenters. The van der Waals surface area contributed by atoms with Gasteiger partial charge in [-0.15, -0.1) is 5.10 Å². The van der Waals surface area contributed by atoms with E-state index in [1.165, 1.54) is 30.6 Å². The Morgan fingerprint density at radius 1 is 1.28 bits per heavy atom. The maximum atomic E-state index is 12.0. The summed E-state index contributed by atoms with van der Waals surface area (Å²) in [6.07, 6.45) is 2.64. The Labute approximate surface area is 108 Å². The van der Waals surface area contributed by atoms with Crippen LogP contribution in [0.5, 0.6) is 0 Å². The molecule has 3 N–H and O–H groups in total. The first-order valence-corrected chi connectivity index (χ1v) is 6.57. The van der Waals surface area contributed by atoms with E-state index in [9.17, 15) is 8.42 Å². The molecule has 0 aliphatic rings. The van der Waals surface area contributed by atoms with Gasteiger partial charge in [-0.05, 0) is 18.2 Å². The molecule has 1 aromatic heterocycles. The lowest BCUT2D eigenvalue weighted by molar-refractivity contribution is 0.600. The molecule has 0 spiro atoms. The first-order valence-electron chi connectivity index (χ1n) is 4.70. The third-order valence-electron chi connectivity index (χ3n) is 1.95. The predicted molar refractivity (Wildman–Crippen MR) is 66.5 cm³/mol. The first-order chi connectivity index (χ1) is 8.49. The highest BCUT2D eigenvalue weighted by atomic mass is 35.5. The van der Waals surface area contributed by atoms with Crippen molar-refractivity contribution >= 4 is 33.3 Å². The van der Waals surface area contributed by atoms with Crippen molar-refractivity contribution in [1.82, 2.24) is 15.2 Å². The quantitative estimate of drug-likeness (QED) is 0.811. The van der Waals surface area contributed by atoms with Crippen molar-refractivity contribution in [2.45, 2.75) is 4.90 Å². The van der Waals surface area contributed by atoms with E-state index in [1.54, 1.807) is 0 Å². The molecule has 2 rings (SSSR count). The smallest absolute Gasteiger partial charge is 0.265 e. The Kier molecular flexibility index (Phi) is 3.30. The minimum atomic E-state index is -3.89. The van der Waals surface area contributed by atoms with E-state index in [4.69, 9.17) is 17.3 Å². The largest absolute Gasteiger partial charge is 0.399 e. The van der Waals surface area contributed by atoms with Crippen LogP contribution in [0.15, 0.2) is 35.5 Å². The van der Waals surface area contributed by atoms with E-state index in [0.29, 0.717) is 0 Å². The molecule has 0 saturated carbocycles. The molecule has 7 nitrogen and oxygen atoms in total. The minimum absolute atomic E-state index is 0.0561. The summed E-state index contributed by atoms with van der Waals surface area (Å²) in [4.78, 5) is 3.56. The third kappa shape index (κ3) is 2.66. The van der Waals surface area contributed by atoms with Crippen LogP contribution in [-0.4, -0.2) is 23.6 Å². The third-order valence-corrected chi connectivity index (χ3v) is 3.76. The number of sulfonamides is 1. The molecule has 0 aliphatic carbocycles. The number of anilines is 2. The fourth-order valence-corrected chi connectivity index (χ4v) is 2.68. The summed E-state index contributed by atoms with van der Waals surface area (Å²) in [5, 5.41) is 7.08. The van der Waals surface area contributed by atoms with Gasteiger partial charge in [0.05, 0.1) is 17.4 Å². The van der Waals surface area contributed by atoms with E-state index < -0.39 is 10.0 Å². The van der Waals surface area contributed by atoms with Gasteiger partial charge in [0.15, 0.2) is 0 Å². The van der Waals surface area contributed by atoms with Crippen molar-refractivity contribution in [3.63, 3.8) is 0 Å². The highest BCUT2D eigenvalue weighted by Crippen LogP contribution is 2.24. The molecular weight excluding hydrogens is 278 g/mol. The zero-order valence-electron chi connectivity index (χ0n) is 8.91. The van der Waals surface area contributed by atoms with E-state index in [1.807, 2.05) is 0 Å². The van der Waals surface area contributed by atoms with E-state index in [2.05, 4.69) is 19.9 Å². The van der Waals surface area contributed by atoms with Gasteiger partial charge in [0.25, 0.3) is 16.0 Å². The lowest BCUT2D eigenvalue weighted by Crippen LogP contribution is -2.16. The number of nitrogens with zero attached hydrogens (tertiary/aromatic N) is 3. The number of aromatic nitrogens is 3. The topological polar surface area (TPSA) is 111 Å². The molecule has 18 heavy (non-hydrogen) atoms. The Morgan fingerprint density at radius 2 is 2.06 bits per heavy atom. The van der Waals surface area contributed by atoms with Crippen molar-refractivity contribution in [2.24, 2.45) is 0 Å². The maximum absolute atomic E-state index is 12.0. The number of rotatable bonds is 3. The Balaban J connectivity index is 2.40. The van der Waals surface area contributed by atoms with Crippen LogP contribution in [-0.2, 0) is 10.0 Å². The molecule has 1 aromatic carbocycles. The molecule has 0 atom stereocenters. The molecule has 9 heteroatoms. The van der Waals surface area contributed by atoms with Gasteiger partial charge in [0, 0.05) is 5.69 Å². The van der Waals surface area contributed by atoms with Crippen LogP contribution in [0.4, 0.5) is 11.6 Å². The molecule has 0 aliphatic heterocycles. The van der Waals surface area contributed by atoms with Gasteiger partial charge in [-0.1, -0.05) is 11.6 Å². The average Bonchev–Trinajstić information content (AvgIpc) is 2.33. The number of hydrogen-bond acceptors (Lipinski definition) is 6. The SMILES string of the molecule is Nc1ccc(Cl)c(S(=O)(=O)Nc2nccnn2)c1. The van der Waals surface area contributed by atoms with Crippen LogP contribution in [0.3, 0.4) is 0 Å². The Morgan fingerprint density at radius 3 is 2.72 bits per heavy atom. The Hall–Kier alpha value is -1.93. The number of nitrogens with one attached hydrogen (secondary N) is 1. The zero-order valence-corrected chi connectivity index (χ0v) is 10.5. The second-order valence-electron chi connectivity index (χ2n) is 3.26. The number of halogens is 1. The summed E-state index contributed by atoms with van der Waals surface area (Å²) >= 11 is 5.82. The normalized spacial score (nSPS) is 11.2. The van der Waals surface area contributed by atoms with Gasteiger partial charge in [0.1, 0.15) is 4.90 Å². The second kappa shape index (κ2) is 4.75. The van der Waals surface area contributed by atoms with Gasteiger partial charge in [0.2, 0.25) is 0 Å². The van der Waals surface area contributed by atoms with Gasteiger partial charge in [-0.25, -0.2) is 18.1 Å². The predicted octanol–water partition coefficient (Wildman–Crippen LogP) is 0.908. The monoisotopic (exact) mass is 285 g/mol. The van der Waals surface area contributed by atoms with Crippen molar-refractivity contribution < 1.29 is 8.42 Å². The van der Waals surface area contributed by atoms with Crippen molar-refractivity contribution in [3.8, 4) is 0 Å². The van der Waals surface area contributed by atoms with Crippen molar-refractivity contribution in [1.29, 1.82) is 0 Å². The molecule has 94 valence electrons. The van der Waals surface area contributed by atoms with Crippen LogP contribution in [0.2, 0.25) is 5.02 Å². The highest BCUT2D eigenvalue weighted by Gasteiger charge is 2.19. The number of hydrogen-bond donors (Lipinski definition) is 2. The van der Waals surface area contributed by atoms with Crippen LogP contribution in [0.25, 0.3) is 0 Å². The lowest BCUT2D eigenvalue weighted by Gasteiger charge is -2.08. The fraction of sp³-hybridized carbons (Fsp3) is 0. The standard InChI is InChI=1S/C9H8ClN5O2S/c10-7-2-1-6(11)5-8(7)18(16,17)15-9-12-3-4-13-14-9/h1-5H,11H2,(H,12,14,15). The molecule has 1 heterocycles. The van der Waals surface area contributed by atoms with Gasteiger partial charge >= 0.3 is 0 Å². The molecule has 0 amide bonds. The zero-order chi connectivity index (χ0) is 13.2. The van der Waals surface area contributed by atoms with Gasteiger partial charge in [-0.3, -0.25) is 0 Å². The van der Waals surface area contributed by atoms with Gasteiger partial charge in [-0.2, -0.15) is 5.10 Å². The summed E-state index contributed by atoms with van der Waals surface area (Å²) in [5.41, 5.74) is 5.81. The van der Waals surface area contributed by atoms with Crippen LogP contribution in [0, 0.1) is 0 Å². The number of nitrogens with two attached hydrogens (primary N) is 1. The summed E-state index contributed by atoms with van der Waals surface area (Å²) in [6.45, 7) is 0. The average molecular weight is 286 g/mol. The maximum Gasteiger partial charge on any atom is 0.265 e. The van der Waals surface area contributed by atoms with Crippen LogP contribution in [0.1, 0.15) is 0 Å². The first kappa shape index (κ1) is 12.5. The Bertz CT molecular complexity index is 662. The summed E-state index contributed by atoms with van der Waals surface area (Å²) in [6, 6.07) is 4.15. The highest BCUT2D eigenvalue weighted by molar-refractivity contribution is 7.92. The van der Waals surface area contributed by atoms with E-state index in [0.717, 1.165) is 0 Å². The minimum Gasteiger partial charge on any atom is -0.399 e. The van der Waals surface area contributed by atoms with Crippen molar-refractivity contribution in [2.75, 3.05) is 10.5 Å². The van der Waals surface area contributed by atoms with Crippen LogP contribution < -0.4 is 10.5 Å². The summed E-state index contributed by atoms with van der Waals surface area (Å²) in [7, 11) is -3.89. The van der Waals surface area contributed by atoms with E-state index >= 15 is 0 Å². The van der Waals surface area contributed by atoms with Gasteiger partial charge < -0.3 is 5.73 Å². The molecule has 0 bridgehead atoms. The molecule has 2 aromatic rings. The molecule has 0 fully saturated rings. The molecule has 0 radical (unpaired) electrons. The van der Waals surface area contributed by atoms with Crippen LogP contribution >= 0.6 is 11.6 Å². The van der Waals surface area contributed by atoms with E-state index in [-0.39, 0.29) is 21.6 Å². The lowest BCUT2D eigenvalue weighted by atomic mass is 10.3. The molecular formula is C9H8ClN5O2S. The number of nitrogen functional groups attached to an aromatic ring is 1.